The van der Waals surface area contributed by atoms with Gasteiger partial charge in [0.25, 0.3) is 0 Å². The first kappa shape index (κ1) is 20.2. The fourth-order valence-electron chi connectivity index (χ4n) is 3.19. The zero-order valence-electron chi connectivity index (χ0n) is 16.6. The van der Waals surface area contributed by atoms with Crippen LogP contribution in [0.4, 0.5) is 15.9 Å². The quantitative estimate of drug-likeness (QED) is 0.413. The summed E-state index contributed by atoms with van der Waals surface area (Å²) >= 11 is 0. The Morgan fingerprint density at radius 1 is 1.10 bits per heavy atom. The number of rotatable bonds is 9. The van der Waals surface area contributed by atoms with Gasteiger partial charge in [-0.2, -0.15) is 0 Å². The molecule has 0 unspecified atom stereocenters. The Kier molecular flexibility index (Phi) is 6.27. The number of pyridine rings is 2. The lowest BCUT2D eigenvalue weighted by Gasteiger charge is -2.21. The standard InChI is InChI=1S/C23H20FN5O2/c24-20-5-1-3-17(11-20)8-10-26-23-22(7-6-21(28-23)19-13-27-31-15-19)29(16-30)14-18-4-2-9-25-12-18/h1-7,9,11-13,15-16H,8,10,14H2,(H,26,28). The van der Waals surface area contributed by atoms with Gasteiger partial charge >= 0.3 is 0 Å². The van der Waals surface area contributed by atoms with Crippen molar-refractivity contribution in [3.05, 3.63) is 90.3 Å². The number of anilines is 2. The maximum Gasteiger partial charge on any atom is 0.214 e. The summed E-state index contributed by atoms with van der Waals surface area (Å²) in [5.74, 6) is 0.264. The van der Waals surface area contributed by atoms with E-state index >= 15 is 0 Å². The zero-order chi connectivity index (χ0) is 21.5. The predicted molar refractivity (Wildman–Crippen MR) is 115 cm³/mol. The van der Waals surface area contributed by atoms with E-state index in [9.17, 15) is 9.18 Å². The second-order valence-corrected chi connectivity index (χ2v) is 6.88. The van der Waals surface area contributed by atoms with E-state index in [-0.39, 0.29) is 5.82 Å². The number of nitrogens with one attached hydrogen (secondary N) is 1. The lowest BCUT2D eigenvalue weighted by molar-refractivity contribution is -0.107. The highest BCUT2D eigenvalue weighted by molar-refractivity contribution is 5.83. The monoisotopic (exact) mass is 417 g/mol. The maximum atomic E-state index is 13.5. The molecule has 8 heteroatoms. The SMILES string of the molecule is O=CN(Cc1cccnc1)c1ccc(-c2cnoc2)nc1NCCc1cccc(F)c1. The minimum absolute atomic E-state index is 0.269. The second kappa shape index (κ2) is 9.62. The van der Waals surface area contributed by atoms with Gasteiger partial charge in [0.2, 0.25) is 6.41 Å². The van der Waals surface area contributed by atoms with E-state index < -0.39 is 0 Å². The Labute approximate surface area is 178 Å². The van der Waals surface area contributed by atoms with Crippen molar-refractivity contribution >= 4 is 17.9 Å². The molecule has 0 radical (unpaired) electrons. The lowest BCUT2D eigenvalue weighted by atomic mass is 10.1. The minimum Gasteiger partial charge on any atom is -0.368 e. The minimum atomic E-state index is -0.269. The number of hydrogen-bond acceptors (Lipinski definition) is 6. The average molecular weight is 417 g/mol. The molecule has 31 heavy (non-hydrogen) atoms. The first-order valence-corrected chi connectivity index (χ1v) is 9.73. The van der Waals surface area contributed by atoms with Crippen LogP contribution in [0.2, 0.25) is 0 Å². The summed E-state index contributed by atoms with van der Waals surface area (Å²) in [7, 11) is 0. The summed E-state index contributed by atoms with van der Waals surface area (Å²) in [5.41, 5.74) is 3.77. The van der Waals surface area contributed by atoms with Crippen LogP contribution >= 0.6 is 0 Å². The van der Waals surface area contributed by atoms with Crippen LogP contribution in [-0.2, 0) is 17.8 Å². The molecular formula is C23H20FN5O2. The van der Waals surface area contributed by atoms with Gasteiger partial charge in [-0.15, -0.1) is 0 Å². The van der Waals surface area contributed by atoms with Crippen molar-refractivity contribution in [2.45, 2.75) is 13.0 Å². The third kappa shape index (κ3) is 5.11. The molecule has 1 N–H and O–H groups in total. The van der Waals surface area contributed by atoms with E-state index in [2.05, 4.69) is 20.4 Å². The van der Waals surface area contributed by atoms with Crippen molar-refractivity contribution in [1.29, 1.82) is 0 Å². The molecular weight excluding hydrogens is 397 g/mol. The molecule has 0 aliphatic heterocycles. The van der Waals surface area contributed by atoms with E-state index in [1.54, 1.807) is 35.6 Å². The summed E-state index contributed by atoms with van der Waals surface area (Å²) in [5, 5.41) is 7.01. The molecule has 0 spiro atoms. The van der Waals surface area contributed by atoms with E-state index in [1.807, 2.05) is 24.3 Å². The fourth-order valence-corrected chi connectivity index (χ4v) is 3.19. The van der Waals surface area contributed by atoms with Crippen molar-refractivity contribution in [3.8, 4) is 11.3 Å². The topological polar surface area (TPSA) is 84.2 Å². The molecule has 0 atom stereocenters. The number of aromatic nitrogens is 3. The van der Waals surface area contributed by atoms with Gasteiger partial charge in [-0.25, -0.2) is 9.37 Å². The van der Waals surface area contributed by atoms with Gasteiger partial charge in [0.1, 0.15) is 12.1 Å². The molecule has 1 amide bonds. The molecule has 1 aromatic carbocycles. The van der Waals surface area contributed by atoms with Gasteiger partial charge in [-0.05, 0) is 47.9 Å². The molecule has 0 saturated carbocycles. The number of carbonyl (C=O) groups excluding carboxylic acids is 1. The van der Waals surface area contributed by atoms with Crippen LogP contribution in [0.1, 0.15) is 11.1 Å². The van der Waals surface area contributed by atoms with Crippen LogP contribution < -0.4 is 10.2 Å². The summed E-state index contributed by atoms with van der Waals surface area (Å²) in [6, 6.07) is 13.8. The van der Waals surface area contributed by atoms with Crippen LogP contribution in [0.5, 0.6) is 0 Å². The maximum absolute atomic E-state index is 13.5. The number of carbonyl (C=O) groups is 1. The molecule has 0 aliphatic rings. The summed E-state index contributed by atoms with van der Waals surface area (Å²) in [6.45, 7) is 0.861. The van der Waals surface area contributed by atoms with Crippen molar-refractivity contribution in [2.75, 3.05) is 16.8 Å². The molecule has 0 bridgehead atoms. The van der Waals surface area contributed by atoms with Gasteiger partial charge in [0, 0.05) is 18.9 Å². The Morgan fingerprint density at radius 2 is 2.00 bits per heavy atom. The van der Waals surface area contributed by atoms with Crippen molar-refractivity contribution in [1.82, 2.24) is 15.1 Å². The molecule has 4 rings (SSSR count). The summed E-state index contributed by atoms with van der Waals surface area (Å²) in [4.78, 5) is 22.2. The predicted octanol–water partition coefficient (Wildman–Crippen LogP) is 4.09. The smallest absolute Gasteiger partial charge is 0.214 e. The fraction of sp³-hybridized carbons (Fsp3) is 0.130. The molecule has 4 aromatic rings. The Morgan fingerprint density at radius 3 is 2.74 bits per heavy atom. The molecule has 0 fully saturated rings. The van der Waals surface area contributed by atoms with Crippen molar-refractivity contribution < 1.29 is 13.7 Å². The highest BCUT2D eigenvalue weighted by atomic mass is 19.1. The van der Waals surface area contributed by atoms with E-state index in [0.717, 1.165) is 23.1 Å². The number of benzene rings is 1. The van der Waals surface area contributed by atoms with Gasteiger partial charge in [-0.1, -0.05) is 23.4 Å². The molecule has 156 valence electrons. The largest absolute Gasteiger partial charge is 0.368 e. The number of nitrogens with zero attached hydrogens (tertiary/aromatic N) is 4. The molecule has 3 aromatic heterocycles. The third-order valence-corrected chi connectivity index (χ3v) is 4.71. The normalized spacial score (nSPS) is 10.6. The molecule has 3 heterocycles. The lowest BCUT2D eigenvalue weighted by Crippen LogP contribution is -2.23. The molecule has 0 saturated heterocycles. The van der Waals surface area contributed by atoms with Crippen LogP contribution in [0, 0.1) is 5.82 Å². The highest BCUT2D eigenvalue weighted by Gasteiger charge is 2.15. The summed E-state index contributed by atoms with van der Waals surface area (Å²) in [6.07, 6.45) is 7.84. The number of hydrogen-bond donors (Lipinski definition) is 1. The Hall–Kier alpha value is -4.07. The third-order valence-electron chi connectivity index (χ3n) is 4.71. The first-order chi connectivity index (χ1) is 15.2. The van der Waals surface area contributed by atoms with Gasteiger partial charge in [0.05, 0.1) is 29.7 Å². The molecule has 0 aliphatic carbocycles. The second-order valence-electron chi connectivity index (χ2n) is 6.88. The molecule has 7 nitrogen and oxygen atoms in total. The highest BCUT2D eigenvalue weighted by Crippen LogP contribution is 2.28. The van der Waals surface area contributed by atoms with Crippen LogP contribution in [0.3, 0.4) is 0 Å². The van der Waals surface area contributed by atoms with Gasteiger partial charge in [0.15, 0.2) is 5.82 Å². The summed E-state index contributed by atoms with van der Waals surface area (Å²) < 4.78 is 18.4. The average Bonchev–Trinajstić information content (AvgIpc) is 3.33. The van der Waals surface area contributed by atoms with Crippen molar-refractivity contribution in [2.24, 2.45) is 0 Å². The van der Waals surface area contributed by atoms with Crippen molar-refractivity contribution in [3.63, 3.8) is 0 Å². The Balaban J connectivity index is 1.59. The van der Waals surface area contributed by atoms with E-state index in [4.69, 9.17) is 4.52 Å². The first-order valence-electron chi connectivity index (χ1n) is 9.73. The number of amides is 1. The van der Waals surface area contributed by atoms with Gasteiger partial charge in [-0.3, -0.25) is 9.78 Å². The zero-order valence-corrected chi connectivity index (χ0v) is 16.6. The van der Waals surface area contributed by atoms with Gasteiger partial charge < -0.3 is 14.7 Å². The van der Waals surface area contributed by atoms with E-state index in [0.29, 0.717) is 36.7 Å². The van der Waals surface area contributed by atoms with Crippen LogP contribution in [-0.4, -0.2) is 28.1 Å². The Bertz CT molecular complexity index is 1140. The number of halogens is 1. The van der Waals surface area contributed by atoms with Crippen LogP contribution in [0.25, 0.3) is 11.3 Å². The van der Waals surface area contributed by atoms with E-state index in [1.165, 1.54) is 18.4 Å². The van der Waals surface area contributed by atoms with Crippen LogP contribution in [0.15, 0.2) is 77.9 Å².